The molecular weight excluding hydrogens is 473 g/mol. The number of methoxy groups -OCH3 is 1. The summed E-state index contributed by atoms with van der Waals surface area (Å²) in [5.74, 6) is 1.68. The standard InChI is InChI=1S/C23H22BrCl2NO2/c1-28-19-8-5-16(6-9-19)11-12-27-14-17-13-18(24)7-10-23(17)29-15-20-21(25)3-2-4-22(20)26/h2-10,13,27H,11-12,14-15H2,1H3. The Morgan fingerprint density at radius 1 is 0.966 bits per heavy atom. The van der Waals surface area contributed by atoms with Gasteiger partial charge in [-0.1, -0.05) is 57.3 Å². The predicted octanol–water partition coefficient (Wildman–Crippen LogP) is 6.68. The van der Waals surface area contributed by atoms with Gasteiger partial charge in [0.1, 0.15) is 18.1 Å². The molecule has 0 aliphatic carbocycles. The lowest BCUT2D eigenvalue weighted by Gasteiger charge is -2.14. The maximum Gasteiger partial charge on any atom is 0.124 e. The van der Waals surface area contributed by atoms with Crippen LogP contribution >= 0.6 is 39.1 Å². The number of benzene rings is 3. The summed E-state index contributed by atoms with van der Waals surface area (Å²) >= 11 is 16.0. The Balaban J connectivity index is 1.58. The average Bonchev–Trinajstić information content (AvgIpc) is 2.72. The van der Waals surface area contributed by atoms with Crippen LogP contribution in [0.5, 0.6) is 11.5 Å². The average molecular weight is 495 g/mol. The van der Waals surface area contributed by atoms with E-state index in [4.69, 9.17) is 32.7 Å². The third-order valence-corrected chi connectivity index (χ3v) is 5.72. The lowest BCUT2D eigenvalue weighted by molar-refractivity contribution is 0.302. The van der Waals surface area contributed by atoms with Gasteiger partial charge < -0.3 is 14.8 Å². The van der Waals surface area contributed by atoms with E-state index < -0.39 is 0 Å². The number of rotatable bonds is 9. The molecule has 0 saturated heterocycles. The van der Waals surface area contributed by atoms with Crippen molar-refractivity contribution >= 4 is 39.1 Å². The summed E-state index contributed by atoms with van der Waals surface area (Å²) in [4.78, 5) is 0. The maximum atomic E-state index is 6.25. The van der Waals surface area contributed by atoms with Gasteiger partial charge in [-0.2, -0.15) is 0 Å². The Bertz CT molecular complexity index is 928. The van der Waals surface area contributed by atoms with Gasteiger partial charge in [0.25, 0.3) is 0 Å². The molecule has 1 N–H and O–H groups in total. The van der Waals surface area contributed by atoms with Gasteiger partial charge in [-0.25, -0.2) is 0 Å². The van der Waals surface area contributed by atoms with Crippen molar-refractivity contribution < 1.29 is 9.47 Å². The van der Waals surface area contributed by atoms with Crippen molar-refractivity contribution in [2.45, 2.75) is 19.6 Å². The molecule has 0 saturated carbocycles. The second-order valence-corrected chi connectivity index (χ2v) is 8.25. The van der Waals surface area contributed by atoms with Crippen LogP contribution in [0.3, 0.4) is 0 Å². The van der Waals surface area contributed by atoms with Gasteiger partial charge in [-0.15, -0.1) is 0 Å². The highest BCUT2D eigenvalue weighted by Gasteiger charge is 2.09. The number of ether oxygens (including phenoxy) is 2. The van der Waals surface area contributed by atoms with Crippen LogP contribution in [-0.4, -0.2) is 13.7 Å². The fourth-order valence-electron chi connectivity index (χ4n) is 2.90. The molecule has 3 aromatic carbocycles. The van der Waals surface area contributed by atoms with Gasteiger partial charge in [0.15, 0.2) is 0 Å². The first-order valence-corrected chi connectivity index (χ1v) is 10.8. The molecule has 3 aromatic rings. The SMILES string of the molecule is COc1ccc(CCNCc2cc(Br)ccc2OCc2c(Cl)cccc2Cl)cc1. The van der Waals surface area contributed by atoms with E-state index in [1.54, 1.807) is 7.11 Å². The van der Waals surface area contributed by atoms with Crippen LogP contribution in [0, 0.1) is 0 Å². The molecule has 0 aliphatic rings. The van der Waals surface area contributed by atoms with Crippen LogP contribution in [0.1, 0.15) is 16.7 Å². The van der Waals surface area contributed by atoms with Gasteiger partial charge in [-0.3, -0.25) is 0 Å². The molecule has 0 unspecified atom stereocenters. The van der Waals surface area contributed by atoms with Gasteiger partial charge in [-0.05, 0) is 61.0 Å². The zero-order valence-corrected chi connectivity index (χ0v) is 19.2. The normalized spacial score (nSPS) is 10.8. The fraction of sp³-hybridized carbons (Fsp3) is 0.217. The first-order chi connectivity index (χ1) is 14.1. The van der Waals surface area contributed by atoms with E-state index in [1.165, 1.54) is 5.56 Å². The van der Waals surface area contributed by atoms with Crippen molar-refractivity contribution in [3.8, 4) is 11.5 Å². The molecule has 29 heavy (non-hydrogen) atoms. The molecule has 0 aliphatic heterocycles. The minimum absolute atomic E-state index is 0.318. The highest BCUT2D eigenvalue weighted by molar-refractivity contribution is 9.10. The highest BCUT2D eigenvalue weighted by atomic mass is 79.9. The van der Waals surface area contributed by atoms with Crippen LogP contribution in [0.2, 0.25) is 10.0 Å². The third kappa shape index (κ3) is 6.38. The molecular formula is C23H22BrCl2NO2. The topological polar surface area (TPSA) is 30.5 Å². The van der Waals surface area contributed by atoms with Crippen molar-refractivity contribution in [1.29, 1.82) is 0 Å². The van der Waals surface area contributed by atoms with E-state index in [0.717, 1.165) is 40.1 Å². The summed E-state index contributed by atoms with van der Waals surface area (Å²) in [6, 6.07) is 19.6. The zero-order valence-electron chi connectivity index (χ0n) is 16.1. The van der Waals surface area contributed by atoms with E-state index in [-0.39, 0.29) is 0 Å². The van der Waals surface area contributed by atoms with Crippen LogP contribution in [0.15, 0.2) is 65.1 Å². The van der Waals surface area contributed by atoms with Gasteiger partial charge in [0.2, 0.25) is 0 Å². The second-order valence-electron chi connectivity index (χ2n) is 6.52. The summed E-state index contributed by atoms with van der Waals surface area (Å²) in [6.07, 6.45) is 0.934. The molecule has 0 aromatic heterocycles. The van der Waals surface area contributed by atoms with E-state index in [0.29, 0.717) is 23.2 Å². The second kappa shape index (κ2) is 10.9. The fourth-order valence-corrected chi connectivity index (χ4v) is 3.81. The molecule has 152 valence electrons. The van der Waals surface area contributed by atoms with Crippen LogP contribution < -0.4 is 14.8 Å². The van der Waals surface area contributed by atoms with Crippen molar-refractivity contribution in [3.05, 3.63) is 91.9 Å². The van der Waals surface area contributed by atoms with Gasteiger partial charge >= 0.3 is 0 Å². The number of nitrogens with one attached hydrogen (secondary N) is 1. The molecule has 3 rings (SSSR count). The van der Waals surface area contributed by atoms with E-state index >= 15 is 0 Å². The summed E-state index contributed by atoms with van der Waals surface area (Å²) < 4.78 is 12.2. The monoisotopic (exact) mass is 493 g/mol. The van der Waals surface area contributed by atoms with Crippen LogP contribution in [0.25, 0.3) is 0 Å². The number of hydrogen-bond donors (Lipinski definition) is 1. The molecule has 6 heteroatoms. The molecule has 3 nitrogen and oxygen atoms in total. The summed E-state index contributed by atoms with van der Waals surface area (Å²) in [5.41, 5.74) is 3.12. The van der Waals surface area contributed by atoms with Crippen molar-refractivity contribution in [2.24, 2.45) is 0 Å². The van der Waals surface area contributed by atoms with Gasteiger partial charge in [0.05, 0.1) is 7.11 Å². The number of halogens is 3. The van der Waals surface area contributed by atoms with E-state index in [9.17, 15) is 0 Å². The minimum Gasteiger partial charge on any atom is -0.497 e. The smallest absolute Gasteiger partial charge is 0.124 e. The Morgan fingerprint density at radius 3 is 2.38 bits per heavy atom. The molecule has 0 amide bonds. The maximum absolute atomic E-state index is 6.25. The molecule has 0 radical (unpaired) electrons. The van der Waals surface area contributed by atoms with Gasteiger partial charge in [0, 0.05) is 32.2 Å². The quantitative estimate of drug-likeness (QED) is 0.336. The molecule has 0 fully saturated rings. The third-order valence-electron chi connectivity index (χ3n) is 4.52. The molecule has 0 atom stereocenters. The Labute approximate surface area is 190 Å². The first kappa shape index (κ1) is 22.0. The summed E-state index contributed by atoms with van der Waals surface area (Å²) in [7, 11) is 1.67. The van der Waals surface area contributed by atoms with Crippen molar-refractivity contribution in [2.75, 3.05) is 13.7 Å². The Morgan fingerprint density at radius 2 is 1.69 bits per heavy atom. The first-order valence-electron chi connectivity index (χ1n) is 9.24. The summed E-state index contributed by atoms with van der Waals surface area (Å²) in [5, 5.41) is 4.69. The highest BCUT2D eigenvalue weighted by Crippen LogP contribution is 2.28. The molecule has 0 bridgehead atoms. The van der Waals surface area contributed by atoms with E-state index in [2.05, 4.69) is 39.4 Å². The van der Waals surface area contributed by atoms with Crippen LogP contribution in [0.4, 0.5) is 0 Å². The van der Waals surface area contributed by atoms with Crippen molar-refractivity contribution in [3.63, 3.8) is 0 Å². The van der Waals surface area contributed by atoms with Crippen LogP contribution in [-0.2, 0) is 19.6 Å². The number of hydrogen-bond acceptors (Lipinski definition) is 3. The summed E-state index contributed by atoms with van der Waals surface area (Å²) in [6.45, 7) is 1.87. The Kier molecular flexibility index (Phi) is 8.25. The minimum atomic E-state index is 0.318. The van der Waals surface area contributed by atoms with Crippen molar-refractivity contribution in [1.82, 2.24) is 5.32 Å². The van der Waals surface area contributed by atoms with E-state index in [1.807, 2.05) is 42.5 Å². The molecule has 0 spiro atoms. The molecule has 0 heterocycles. The Hall–Kier alpha value is -1.72. The predicted molar refractivity (Wildman–Crippen MR) is 123 cm³/mol. The largest absolute Gasteiger partial charge is 0.497 e. The zero-order chi connectivity index (χ0) is 20.6. The lowest BCUT2D eigenvalue weighted by Crippen LogP contribution is -2.17. The lowest BCUT2D eigenvalue weighted by atomic mass is 10.1.